The number of nitrogens with zero attached hydrogens (tertiary/aromatic N) is 1. The highest BCUT2D eigenvalue weighted by Crippen LogP contribution is 2.34. The predicted molar refractivity (Wildman–Crippen MR) is 74.0 cm³/mol. The van der Waals surface area contributed by atoms with Gasteiger partial charge in [0.25, 0.3) is 0 Å². The smallest absolute Gasteiger partial charge is 0.0249 e. The zero-order valence-electron chi connectivity index (χ0n) is 11.9. The molecule has 0 saturated heterocycles. The van der Waals surface area contributed by atoms with Gasteiger partial charge in [-0.1, -0.05) is 26.7 Å². The van der Waals surface area contributed by atoms with Crippen LogP contribution in [0, 0.1) is 11.8 Å². The molecule has 2 aliphatic carbocycles. The molecule has 100 valence electrons. The number of likely N-dealkylation sites (N-methyl/N-ethyl adjacent to an activating group) is 1. The maximum Gasteiger partial charge on any atom is 0.0249 e. The van der Waals surface area contributed by atoms with Crippen LogP contribution in [0.4, 0.5) is 0 Å². The lowest BCUT2D eigenvalue weighted by atomic mass is 9.76. The van der Waals surface area contributed by atoms with Crippen molar-refractivity contribution in [1.29, 1.82) is 0 Å². The summed E-state index contributed by atoms with van der Waals surface area (Å²) >= 11 is 0. The number of nitrogens with two attached hydrogens (primary N) is 1. The van der Waals surface area contributed by atoms with Crippen LogP contribution in [-0.4, -0.2) is 30.1 Å². The Morgan fingerprint density at radius 3 is 2.29 bits per heavy atom. The van der Waals surface area contributed by atoms with Crippen LogP contribution in [0.1, 0.15) is 58.8 Å². The lowest BCUT2D eigenvalue weighted by Gasteiger charge is -2.43. The number of hydrogen-bond acceptors (Lipinski definition) is 2. The van der Waals surface area contributed by atoms with Gasteiger partial charge >= 0.3 is 0 Å². The minimum absolute atomic E-state index is 0.413. The third kappa shape index (κ3) is 3.03. The molecule has 0 aliphatic heterocycles. The van der Waals surface area contributed by atoms with Crippen molar-refractivity contribution in [3.05, 3.63) is 0 Å². The first-order chi connectivity index (χ1) is 8.09. The molecule has 2 nitrogen and oxygen atoms in total. The van der Waals surface area contributed by atoms with Crippen molar-refractivity contribution < 1.29 is 0 Å². The van der Waals surface area contributed by atoms with Crippen LogP contribution in [0.15, 0.2) is 0 Å². The minimum Gasteiger partial charge on any atom is -0.326 e. The van der Waals surface area contributed by atoms with E-state index in [1.54, 1.807) is 0 Å². The first kappa shape index (κ1) is 13.4. The highest BCUT2D eigenvalue weighted by atomic mass is 15.2. The van der Waals surface area contributed by atoms with Crippen molar-refractivity contribution >= 4 is 0 Å². The van der Waals surface area contributed by atoms with Crippen molar-refractivity contribution in [1.82, 2.24) is 4.90 Å². The van der Waals surface area contributed by atoms with E-state index in [2.05, 4.69) is 25.8 Å². The van der Waals surface area contributed by atoms with Crippen molar-refractivity contribution in [3.63, 3.8) is 0 Å². The Hall–Kier alpha value is -0.0800. The maximum absolute atomic E-state index is 6.37. The van der Waals surface area contributed by atoms with Gasteiger partial charge in [-0.25, -0.2) is 0 Å². The van der Waals surface area contributed by atoms with Crippen molar-refractivity contribution in [2.24, 2.45) is 17.6 Å². The molecule has 3 atom stereocenters. The van der Waals surface area contributed by atoms with Crippen molar-refractivity contribution in [3.8, 4) is 0 Å². The fourth-order valence-electron chi connectivity index (χ4n) is 3.86. The van der Waals surface area contributed by atoms with Crippen molar-refractivity contribution in [2.75, 3.05) is 7.05 Å². The van der Waals surface area contributed by atoms with Crippen LogP contribution < -0.4 is 5.73 Å². The number of rotatable bonds is 3. The summed E-state index contributed by atoms with van der Waals surface area (Å²) in [6, 6.07) is 1.87. The quantitative estimate of drug-likeness (QED) is 0.819. The monoisotopic (exact) mass is 238 g/mol. The van der Waals surface area contributed by atoms with Crippen LogP contribution in [-0.2, 0) is 0 Å². The molecule has 17 heavy (non-hydrogen) atoms. The molecule has 2 rings (SSSR count). The molecule has 0 aromatic heterocycles. The molecule has 0 aromatic rings. The van der Waals surface area contributed by atoms with E-state index in [0.29, 0.717) is 12.1 Å². The van der Waals surface area contributed by atoms with Gasteiger partial charge in [-0.3, -0.25) is 4.90 Å². The van der Waals surface area contributed by atoms with Crippen LogP contribution >= 0.6 is 0 Å². The van der Waals surface area contributed by atoms with Crippen LogP contribution in [0.5, 0.6) is 0 Å². The van der Waals surface area contributed by atoms with Gasteiger partial charge in [0, 0.05) is 18.1 Å². The maximum atomic E-state index is 6.37. The molecular weight excluding hydrogens is 208 g/mol. The highest BCUT2D eigenvalue weighted by Gasteiger charge is 2.35. The van der Waals surface area contributed by atoms with Gasteiger partial charge in [0.2, 0.25) is 0 Å². The molecule has 2 aliphatic rings. The van der Waals surface area contributed by atoms with E-state index < -0.39 is 0 Å². The van der Waals surface area contributed by atoms with Gasteiger partial charge < -0.3 is 5.73 Å². The largest absolute Gasteiger partial charge is 0.326 e. The molecule has 2 saturated carbocycles. The minimum atomic E-state index is 0.413. The van der Waals surface area contributed by atoms with Gasteiger partial charge in [0.15, 0.2) is 0 Å². The fourth-order valence-corrected chi connectivity index (χ4v) is 3.86. The van der Waals surface area contributed by atoms with E-state index in [4.69, 9.17) is 5.73 Å². The van der Waals surface area contributed by atoms with Gasteiger partial charge in [0.1, 0.15) is 0 Å². The molecule has 0 radical (unpaired) electrons. The second-order valence-corrected chi connectivity index (χ2v) is 6.65. The Labute approximate surface area is 107 Å². The van der Waals surface area contributed by atoms with Gasteiger partial charge in [0.05, 0.1) is 0 Å². The van der Waals surface area contributed by atoms with Crippen LogP contribution in [0.25, 0.3) is 0 Å². The Morgan fingerprint density at radius 1 is 1.06 bits per heavy atom. The van der Waals surface area contributed by atoms with E-state index >= 15 is 0 Å². The zero-order valence-corrected chi connectivity index (χ0v) is 11.9. The molecule has 0 amide bonds. The van der Waals surface area contributed by atoms with Crippen molar-refractivity contribution in [2.45, 2.75) is 76.9 Å². The van der Waals surface area contributed by atoms with E-state index in [0.717, 1.165) is 17.9 Å². The van der Waals surface area contributed by atoms with E-state index in [1.807, 2.05) is 0 Å². The first-order valence-electron chi connectivity index (χ1n) is 7.57. The lowest BCUT2D eigenvalue weighted by Crippen LogP contribution is -2.53. The molecule has 2 heteroatoms. The predicted octanol–water partition coefficient (Wildman–Crippen LogP) is 3.01. The summed E-state index contributed by atoms with van der Waals surface area (Å²) in [6.07, 6.45) is 9.53. The molecular formula is C15H30N2. The Kier molecular flexibility index (Phi) is 4.48. The van der Waals surface area contributed by atoms with Crippen LogP contribution in [0.3, 0.4) is 0 Å². The Balaban J connectivity index is 1.96. The molecule has 0 bridgehead atoms. The summed E-state index contributed by atoms with van der Waals surface area (Å²) in [5, 5.41) is 0. The van der Waals surface area contributed by atoms with Gasteiger partial charge in [-0.15, -0.1) is 0 Å². The summed E-state index contributed by atoms with van der Waals surface area (Å²) < 4.78 is 0. The SMILES string of the molecule is CC(C)C1CCC(N)C(N(C)C2CCCC2)C1. The average Bonchev–Trinajstić information content (AvgIpc) is 2.81. The van der Waals surface area contributed by atoms with Gasteiger partial charge in [-0.2, -0.15) is 0 Å². The molecule has 3 unspecified atom stereocenters. The molecule has 0 heterocycles. The van der Waals surface area contributed by atoms with E-state index in [-0.39, 0.29) is 0 Å². The first-order valence-corrected chi connectivity index (χ1v) is 7.57. The third-order valence-electron chi connectivity index (χ3n) is 5.28. The second kappa shape index (κ2) is 5.71. The standard InChI is InChI=1S/C15H30N2/c1-11(2)12-8-9-14(16)15(10-12)17(3)13-6-4-5-7-13/h11-15H,4-10,16H2,1-3H3. The zero-order chi connectivity index (χ0) is 12.4. The summed E-state index contributed by atoms with van der Waals surface area (Å²) in [5.74, 6) is 1.71. The van der Waals surface area contributed by atoms with E-state index in [9.17, 15) is 0 Å². The van der Waals surface area contributed by atoms with E-state index in [1.165, 1.54) is 44.9 Å². The average molecular weight is 238 g/mol. The highest BCUT2D eigenvalue weighted by molar-refractivity contribution is 4.92. The Morgan fingerprint density at radius 2 is 1.71 bits per heavy atom. The van der Waals surface area contributed by atoms with Crippen LogP contribution in [0.2, 0.25) is 0 Å². The fraction of sp³-hybridized carbons (Fsp3) is 1.00. The normalized spacial score (nSPS) is 36.0. The second-order valence-electron chi connectivity index (χ2n) is 6.65. The summed E-state index contributed by atoms with van der Waals surface area (Å²) in [5.41, 5.74) is 6.37. The molecule has 0 spiro atoms. The third-order valence-corrected chi connectivity index (χ3v) is 5.28. The molecule has 0 aromatic carbocycles. The molecule has 2 N–H and O–H groups in total. The molecule has 2 fully saturated rings. The Bertz CT molecular complexity index is 233. The van der Waals surface area contributed by atoms with Gasteiger partial charge in [-0.05, 0) is 51.0 Å². The summed E-state index contributed by atoms with van der Waals surface area (Å²) in [7, 11) is 2.32. The summed E-state index contributed by atoms with van der Waals surface area (Å²) in [4.78, 5) is 2.63. The number of hydrogen-bond donors (Lipinski definition) is 1. The summed E-state index contributed by atoms with van der Waals surface area (Å²) in [6.45, 7) is 4.74. The topological polar surface area (TPSA) is 29.3 Å². The lowest BCUT2D eigenvalue weighted by molar-refractivity contribution is 0.0858.